The van der Waals surface area contributed by atoms with Gasteiger partial charge in [0.2, 0.25) is 0 Å². The summed E-state index contributed by atoms with van der Waals surface area (Å²) in [5.41, 5.74) is 6.39. The molecule has 3 N–H and O–H groups in total. The summed E-state index contributed by atoms with van der Waals surface area (Å²) < 4.78 is 7.66. The zero-order chi connectivity index (χ0) is 22.2. The fourth-order valence-corrected chi connectivity index (χ4v) is 3.44. The van der Waals surface area contributed by atoms with Gasteiger partial charge in [0.15, 0.2) is 5.65 Å². The number of nitrogens with zero attached hydrogens (tertiary/aromatic N) is 3. The van der Waals surface area contributed by atoms with Crippen molar-refractivity contribution in [2.75, 3.05) is 17.7 Å². The highest BCUT2D eigenvalue weighted by atomic mass is 16.5. The normalized spacial score (nSPS) is 11.1. The molecule has 0 saturated heterocycles. The molecule has 1 amide bonds. The summed E-state index contributed by atoms with van der Waals surface area (Å²) in [5, 5.41) is 3.01. The number of nitrogen functional groups attached to an aromatic ring is 1. The first kappa shape index (κ1) is 21.1. The van der Waals surface area contributed by atoms with Gasteiger partial charge < -0.3 is 15.8 Å². The van der Waals surface area contributed by atoms with Crippen molar-refractivity contribution in [3.63, 3.8) is 0 Å². The Kier molecular flexibility index (Phi) is 5.64. The van der Waals surface area contributed by atoms with E-state index in [1.165, 1.54) is 18.7 Å². The predicted molar refractivity (Wildman–Crippen MR) is 116 cm³/mol. The van der Waals surface area contributed by atoms with Crippen LogP contribution >= 0.6 is 0 Å². The molecule has 2 heterocycles. The Bertz CT molecular complexity index is 1240. The van der Waals surface area contributed by atoms with E-state index in [4.69, 9.17) is 10.5 Å². The third-order valence-electron chi connectivity index (χ3n) is 4.88. The fraction of sp³-hybridized carbons (Fsp3) is 0.333. The number of rotatable bonds is 5. The van der Waals surface area contributed by atoms with E-state index in [1.807, 2.05) is 20.8 Å². The zero-order valence-electron chi connectivity index (χ0n) is 17.6. The second kappa shape index (κ2) is 8.02. The van der Waals surface area contributed by atoms with Crippen LogP contribution in [-0.4, -0.2) is 26.6 Å². The summed E-state index contributed by atoms with van der Waals surface area (Å²) in [7, 11) is 2.91. The molecule has 0 radical (unpaired) electrons. The minimum absolute atomic E-state index is 0.0436. The second-order valence-electron chi connectivity index (χ2n) is 7.26. The summed E-state index contributed by atoms with van der Waals surface area (Å²) in [6.07, 6.45) is 0. The highest BCUT2D eigenvalue weighted by Gasteiger charge is 2.26. The number of carbonyl (C=O) groups excluding carboxylic acids is 1. The summed E-state index contributed by atoms with van der Waals surface area (Å²) in [4.78, 5) is 42.5. The number of fused-ring (bicyclic) bond motifs is 1. The number of ether oxygens (including phenoxy) is 1. The van der Waals surface area contributed by atoms with Gasteiger partial charge in [-0.15, -0.1) is 0 Å². The Balaban J connectivity index is 2.19. The van der Waals surface area contributed by atoms with Crippen LogP contribution in [0.4, 0.5) is 11.5 Å². The van der Waals surface area contributed by atoms with E-state index >= 15 is 0 Å². The molecule has 3 aromatic rings. The van der Waals surface area contributed by atoms with Crippen LogP contribution in [0.1, 0.15) is 42.6 Å². The minimum atomic E-state index is -0.514. The van der Waals surface area contributed by atoms with Crippen LogP contribution in [0.2, 0.25) is 0 Å². The molecule has 3 rings (SSSR count). The minimum Gasteiger partial charge on any atom is -0.494 e. The largest absolute Gasteiger partial charge is 0.494 e. The first-order valence-corrected chi connectivity index (χ1v) is 9.60. The third kappa shape index (κ3) is 3.54. The van der Waals surface area contributed by atoms with Crippen LogP contribution in [0.5, 0.6) is 5.75 Å². The molecule has 0 saturated carbocycles. The Morgan fingerprint density at radius 3 is 2.37 bits per heavy atom. The zero-order valence-corrected chi connectivity index (χ0v) is 17.6. The highest BCUT2D eigenvalue weighted by Crippen LogP contribution is 2.29. The maximum atomic E-state index is 13.1. The van der Waals surface area contributed by atoms with Crippen molar-refractivity contribution in [3.05, 3.63) is 56.2 Å². The number of nitrogens with one attached hydrogen (secondary N) is 1. The van der Waals surface area contributed by atoms with Crippen LogP contribution in [0, 0.1) is 0 Å². The number of anilines is 2. The summed E-state index contributed by atoms with van der Waals surface area (Å²) >= 11 is 0. The van der Waals surface area contributed by atoms with E-state index in [0.29, 0.717) is 23.6 Å². The van der Waals surface area contributed by atoms with Gasteiger partial charge in [-0.2, -0.15) is 0 Å². The molecule has 0 bridgehead atoms. The Hall–Kier alpha value is -3.62. The van der Waals surface area contributed by atoms with Gasteiger partial charge in [-0.3, -0.25) is 18.7 Å². The van der Waals surface area contributed by atoms with Gasteiger partial charge in [0.1, 0.15) is 11.6 Å². The van der Waals surface area contributed by atoms with Gasteiger partial charge in [-0.1, -0.05) is 13.8 Å². The van der Waals surface area contributed by atoms with Crippen LogP contribution in [-0.2, 0) is 14.1 Å². The van der Waals surface area contributed by atoms with Crippen molar-refractivity contribution in [2.24, 2.45) is 14.1 Å². The second-order valence-corrected chi connectivity index (χ2v) is 7.26. The smallest absolute Gasteiger partial charge is 0.332 e. The van der Waals surface area contributed by atoms with Gasteiger partial charge in [0, 0.05) is 19.8 Å². The first-order valence-electron chi connectivity index (χ1n) is 9.60. The molecular weight excluding hydrogens is 386 g/mol. The lowest BCUT2D eigenvalue weighted by Crippen LogP contribution is -2.38. The number of amides is 1. The number of benzene rings is 1. The molecule has 0 aliphatic heterocycles. The van der Waals surface area contributed by atoms with E-state index in [9.17, 15) is 14.4 Å². The summed E-state index contributed by atoms with van der Waals surface area (Å²) in [5.74, 6) is -0.0534. The van der Waals surface area contributed by atoms with Crippen LogP contribution in [0.15, 0.2) is 33.9 Å². The third-order valence-corrected chi connectivity index (χ3v) is 4.88. The van der Waals surface area contributed by atoms with Crippen LogP contribution in [0.3, 0.4) is 0 Å². The maximum absolute atomic E-state index is 13.1. The lowest BCUT2D eigenvalue weighted by atomic mass is 9.94. The summed E-state index contributed by atoms with van der Waals surface area (Å²) in [6, 6.07) is 6.92. The van der Waals surface area contributed by atoms with E-state index in [-0.39, 0.29) is 28.3 Å². The standard InChI is InChI=1S/C21H25N5O4/c1-6-30-13-9-7-12(8-10-13)23-19(27)15-14(11(2)3)16-18(24-17(15)22)25(4)21(29)26(5)20(16)28/h7-11H,6H2,1-5H3,(H2,22,24)(H,23,27). The topological polar surface area (TPSA) is 121 Å². The van der Waals surface area contributed by atoms with Crippen molar-refractivity contribution in [3.8, 4) is 5.75 Å². The maximum Gasteiger partial charge on any atom is 0.332 e. The van der Waals surface area contributed by atoms with Crippen molar-refractivity contribution >= 4 is 28.4 Å². The van der Waals surface area contributed by atoms with E-state index in [0.717, 1.165) is 4.57 Å². The van der Waals surface area contributed by atoms with Crippen molar-refractivity contribution in [1.29, 1.82) is 0 Å². The van der Waals surface area contributed by atoms with Crippen molar-refractivity contribution < 1.29 is 9.53 Å². The molecular formula is C21H25N5O4. The molecule has 0 unspecified atom stereocenters. The first-order chi connectivity index (χ1) is 14.2. The lowest BCUT2D eigenvalue weighted by Gasteiger charge is -2.18. The van der Waals surface area contributed by atoms with Gasteiger partial charge in [0.05, 0.1) is 17.6 Å². The van der Waals surface area contributed by atoms with E-state index < -0.39 is 17.2 Å². The van der Waals surface area contributed by atoms with Gasteiger partial charge in [-0.25, -0.2) is 9.78 Å². The quantitative estimate of drug-likeness (QED) is 0.662. The number of nitrogens with two attached hydrogens (primary N) is 1. The predicted octanol–water partition coefficient (Wildman–Crippen LogP) is 1.99. The van der Waals surface area contributed by atoms with Gasteiger partial charge in [-0.05, 0) is 42.7 Å². The molecule has 9 heteroatoms. The molecule has 0 fully saturated rings. The average molecular weight is 411 g/mol. The highest BCUT2D eigenvalue weighted by molar-refractivity contribution is 6.11. The van der Waals surface area contributed by atoms with Gasteiger partial charge in [0.25, 0.3) is 11.5 Å². The Labute approximate surface area is 173 Å². The molecule has 0 spiro atoms. The number of hydrogen-bond donors (Lipinski definition) is 2. The van der Waals surface area contributed by atoms with E-state index in [2.05, 4.69) is 10.3 Å². The molecule has 158 valence electrons. The number of aromatic nitrogens is 3. The molecule has 9 nitrogen and oxygen atoms in total. The SMILES string of the molecule is CCOc1ccc(NC(=O)c2c(N)nc3c(c2C(C)C)c(=O)n(C)c(=O)n3C)cc1. The molecule has 30 heavy (non-hydrogen) atoms. The number of pyridine rings is 1. The van der Waals surface area contributed by atoms with Crippen LogP contribution < -0.4 is 27.0 Å². The molecule has 0 aliphatic carbocycles. The Morgan fingerprint density at radius 2 is 1.80 bits per heavy atom. The molecule has 2 aromatic heterocycles. The van der Waals surface area contributed by atoms with Crippen molar-refractivity contribution in [1.82, 2.24) is 14.1 Å². The van der Waals surface area contributed by atoms with Crippen molar-refractivity contribution in [2.45, 2.75) is 26.7 Å². The number of hydrogen-bond acceptors (Lipinski definition) is 6. The molecule has 1 aromatic carbocycles. The molecule has 0 atom stereocenters. The van der Waals surface area contributed by atoms with Crippen LogP contribution in [0.25, 0.3) is 11.0 Å². The fourth-order valence-electron chi connectivity index (χ4n) is 3.44. The van der Waals surface area contributed by atoms with Gasteiger partial charge >= 0.3 is 5.69 Å². The monoisotopic (exact) mass is 411 g/mol. The van der Waals surface area contributed by atoms with E-state index in [1.54, 1.807) is 24.3 Å². The summed E-state index contributed by atoms with van der Waals surface area (Å²) in [6.45, 7) is 6.14. The number of aryl methyl sites for hydroxylation is 1. The average Bonchev–Trinajstić information content (AvgIpc) is 2.71. The lowest BCUT2D eigenvalue weighted by molar-refractivity contribution is 0.102. The molecule has 0 aliphatic rings. The Morgan fingerprint density at radius 1 is 1.17 bits per heavy atom. The number of carbonyl (C=O) groups is 1.